The summed E-state index contributed by atoms with van der Waals surface area (Å²) < 4.78 is 38.6. The summed E-state index contributed by atoms with van der Waals surface area (Å²) in [6.07, 6.45) is 0. The minimum atomic E-state index is -3.89. The lowest BCUT2D eigenvalue weighted by atomic mass is 10.1. The molecule has 0 saturated heterocycles. The van der Waals surface area contributed by atoms with Gasteiger partial charge in [0.15, 0.2) is 0 Å². The normalized spacial score (nSPS) is 11.1. The van der Waals surface area contributed by atoms with Gasteiger partial charge in [-0.05, 0) is 48.9 Å². The highest BCUT2D eigenvalue weighted by Crippen LogP contribution is 2.22. The first-order valence-corrected chi connectivity index (χ1v) is 11.5. The molecule has 0 saturated carbocycles. The van der Waals surface area contributed by atoms with Crippen LogP contribution >= 0.6 is 0 Å². The van der Waals surface area contributed by atoms with Crippen LogP contribution in [0.3, 0.4) is 0 Å². The Bertz CT molecular complexity index is 1140. The van der Waals surface area contributed by atoms with Crippen LogP contribution in [0.1, 0.15) is 21.5 Å². The quantitative estimate of drug-likeness (QED) is 0.455. The molecule has 0 bridgehead atoms. The number of amides is 1. The molecule has 0 aliphatic heterocycles. The lowest BCUT2D eigenvalue weighted by Gasteiger charge is -2.13. The van der Waals surface area contributed by atoms with Gasteiger partial charge in [0.25, 0.3) is 15.9 Å². The van der Waals surface area contributed by atoms with Crippen molar-refractivity contribution in [2.24, 2.45) is 0 Å². The van der Waals surface area contributed by atoms with E-state index in [-0.39, 0.29) is 22.1 Å². The van der Waals surface area contributed by atoms with Crippen molar-refractivity contribution in [2.75, 3.05) is 25.0 Å². The molecule has 0 unspecified atom stereocenters. The smallest absolute Gasteiger partial charge is 0.261 e. The predicted molar refractivity (Wildman–Crippen MR) is 123 cm³/mol. The van der Waals surface area contributed by atoms with E-state index in [1.54, 1.807) is 43.5 Å². The zero-order valence-electron chi connectivity index (χ0n) is 18.0. The molecule has 0 aliphatic rings. The molecule has 1 amide bonds. The summed E-state index contributed by atoms with van der Waals surface area (Å²) in [5.41, 5.74) is 2.53. The van der Waals surface area contributed by atoms with E-state index in [9.17, 15) is 13.2 Å². The number of rotatable bonds is 10. The topological polar surface area (TPSA) is 93.7 Å². The van der Waals surface area contributed by atoms with Gasteiger partial charge in [-0.2, -0.15) is 0 Å². The first-order chi connectivity index (χ1) is 15.4. The van der Waals surface area contributed by atoms with E-state index < -0.39 is 10.0 Å². The number of anilines is 1. The molecule has 0 aromatic heterocycles. The van der Waals surface area contributed by atoms with Gasteiger partial charge in [-0.1, -0.05) is 42.0 Å². The molecule has 0 fully saturated rings. The number of carbonyl (C=O) groups excluding carboxylic acids is 1. The van der Waals surface area contributed by atoms with Crippen molar-refractivity contribution >= 4 is 21.6 Å². The van der Waals surface area contributed by atoms with Crippen LogP contribution in [0.4, 0.5) is 5.69 Å². The van der Waals surface area contributed by atoms with Gasteiger partial charge in [0, 0.05) is 13.7 Å². The third-order valence-corrected chi connectivity index (χ3v) is 6.06. The number of aryl methyl sites for hydroxylation is 1. The Kier molecular flexibility index (Phi) is 7.86. The van der Waals surface area contributed by atoms with Gasteiger partial charge in [-0.15, -0.1) is 0 Å². The number of ether oxygens (including phenoxy) is 2. The van der Waals surface area contributed by atoms with E-state index in [4.69, 9.17) is 9.47 Å². The third kappa shape index (κ3) is 6.32. The summed E-state index contributed by atoms with van der Waals surface area (Å²) >= 11 is 0. The lowest BCUT2D eigenvalue weighted by molar-refractivity contribution is 0.0952. The number of hydrogen-bond acceptors (Lipinski definition) is 5. The van der Waals surface area contributed by atoms with Crippen LogP contribution in [-0.4, -0.2) is 34.6 Å². The minimum absolute atomic E-state index is 0.0615. The number of hydrogen-bond donors (Lipinski definition) is 2. The maximum absolute atomic E-state index is 12.9. The first-order valence-electron chi connectivity index (χ1n) is 10.1. The van der Waals surface area contributed by atoms with Crippen molar-refractivity contribution in [1.82, 2.24) is 5.32 Å². The Morgan fingerprint density at radius 2 is 1.59 bits per heavy atom. The summed E-state index contributed by atoms with van der Waals surface area (Å²) in [4.78, 5) is 12.8. The lowest BCUT2D eigenvalue weighted by Crippen LogP contribution is -2.25. The molecule has 0 aliphatic carbocycles. The van der Waals surface area contributed by atoms with Gasteiger partial charge in [0.2, 0.25) is 0 Å². The zero-order valence-corrected chi connectivity index (χ0v) is 18.8. The number of methoxy groups -OCH3 is 1. The van der Waals surface area contributed by atoms with Crippen molar-refractivity contribution in [3.8, 4) is 5.75 Å². The maximum Gasteiger partial charge on any atom is 0.261 e. The van der Waals surface area contributed by atoms with Crippen molar-refractivity contribution in [1.29, 1.82) is 0 Å². The fourth-order valence-corrected chi connectivity index (χ4v) is 3.99. The second-order valence-corrected chi connectivity index (χ2v) is 8.81. The molecule has 0 spiro atoms. The molecule has 0 heterocycles. The Labute approximate surface area is 188 Å². The summed E-state index contributed by atoms with van der Waals surface area (Å²) in [7, 11) is -2.32. The highest BCUT2D eigenvalue weighted by Gasteiger charge is 2.18. The molecular formula is C24H26N2O5S. The van der Waals surface area contributed by atoms with Crippen molar-refractivity contribution in [3.05, 3.63) is 89.5 Å². The molecule has 3 aromatic carbocycles. The summed E-state index contributed by atoms with van der Waals surface area (Å²) in [6, 6.07) is 20.3. The minimum Gasteiger partial charge on any atom is -0.491 e. The first kappa shape index (κ1) is 23.3. The van der Waals surface area contributed by atoms with E-state index in [0.29, 0.717) is 25.5 Å². The molecule has 7 nitrogen and oxygen atoms in total. The SMILES string of the molecule is COCCOc1ccc(S(=O)(=O)Nc2ccccc2C(=O)NCc2ccc(C)cc2)cc1. The van der Waals surface area contributed by atoms with E-state index in [0.717, 1.165) is 11.1 Å². The number of benzene rings is 3. The number of nitrogens with one attached hydrogen (secondary N) is 2. The second-order valence-electron chi connectivity index (χ2n) is 7.13. The van der Waals surface area contributed by atoms with E-state index >= 15 is 0 Å². The molecule has 8 heteroatoms. The fraction of sp³-hybridized carbons (Fsp3) is 0.208. The van der Waals surface area contributed by atoms with Crippen LogP contribution in [-0.2, 0) is 21.3 Å². The van der Waals surface area contributed by atoms with Crippen LogP contribution in [0.25, 0.3) is 0 Å². The highest BCUT2D eigenvalue weighted by atomic mass is 32.2. The van der Waals surface area contributed by atoms with Gasteiger partial charge >= 0.3 is 0 Å². The zero-order chi connectivity index (χ0) is 23.0. The number of carbonyl (C=O) groups is 1. The van der Waals surface area contributed by atoms with Gasteiger partial charge in [-0.3, -0.25) is 9.52 Å². The van der Waals surface area contributed by atoms with Gasteiger partial charge in [-0.25, -0.2) is 8.42 Å². The Morgan fingerprint density at radius 3 is 2.28 bits per heavy atom. The van der Waals surface area contributed by atoms with E-state index in [1.807, 2.05) is 31.2 Å². The van der Waals surface area contributed by atoms with Crippen LogP contribution in [0.5, 0.6) is 5.75 Å². The monoisotopic (exact) mass is 454 g/mol. The van der Waals surface area contributed by atoms with Crippen LogP contribution in [0.2, 0.25) is 0 Å². The van der Waals surface area contributed by atoms with E-state index in [1.165, 1.54) is 12.1 Å². The van der Waals surface area contributed by atoms with Gasteiger partial charge in [0.05, 0.1) is 22.8 Å². The van der Waals surface area contributed by atoms with Crippen LogP contribution in [0, 0.1) is 6.92 Å². The molecule has 3 aromatic rings. The van der Waals surface area contributed by atoms with Crippen molar-refractivity contribution in [3.63, 3.8) is 0 Å². The number of para-hydroxylation sites is 1. The van der Waals surface area contributed by atoms with Gasteiger partial charge in [0.1, 0.15) is 12.4 Å². The molecular weight excluding hydrogens is 428 g/mol. The predicted octanol–water partition coefficient (Wildman–Crippen LogP) is 3.75. The number of sulfonamides is 1. The summed E-state index contributed by atoms with van der Waals surface area (Å²) in [5, 5.41) is 2.83. The largest absolute Gasteiger partial charge is 0.491 e. The van der Waals surface area contributed by atoms with Crippen molar-refractivity contribution in [2.45, 2.75) is 18.4 Å². The standard InChI is InChI=1S/C24H26N2O5S/c1-18-7-9-19(10-8-18)17-25-24(27)22-5-3-4-6-23(22)26-32(28,29)21-13-11-20(12-14-21)31-16-15-30-2/h3-14,26H,15-17H2,1-2H3,(H,25,27). The molecule has 168 valence electrons. The van der Waals surface area contributed by atoms with Crippen LogP contribution in [0.15, 0.2) is 77.7 Å². The Morgan fingerprint density at radius 1 is 0.906 bits per heavy atom. The highest BCUT2D eigenvalue weighted by molar-refractivity contribution is 7.92. The average Bonchev–Trinajstić information content (AvgIpc) is 2.79. The Balaban J connectivity index is 1.70. The molecule has 0 radical (unpaired) electrons. The average molecular weight is 455 g/mol. The maximum atomic E-state index is 12.9. The van der Waals surface area contributed by atoms with E-state index in [2.05, 4.69) is 10.0 Å². The Hall–Kier alpha value is -3.36. The third-order valence-electron chi connectivity index (χ3n) is 4.68. The molecule has 0 atom stereocenters. The molecule has 3 rings (SSSR count). The van der Waals surface area contributed by atoms with Crippen LogP contribution < -0.4 is 14.8 Å². The van der Waals surface area contributed by atoms with Gasteiger partial charge < -0.3 is 14.8 Å². The molecule has 2 N–H and O–H groups in total. The summed E-state index contributed by atoms with van der Waals surface area (Å²) in [5.74, 6) is 0.169. The van der Waals surface area contributed by atoms with Crippen molar-refractivity contribution < 1.29 is 22.7 Å². The summed E-state index contributed by atoms with van der Waals surface area (Å²) in [6.45, 7) is 3.13. The fourth-order valence-electron chi connectivity index (χ4n) is 2.92. The second kappa shape index (κ2) is 10.8. The molecule has 32 heavy (non-hydrogen) atoms.